The van der Waals surface area contributed by atoms with Gasteiger partial charge in [-0.25, -0.2) is 0 Å². The van der Waals surface area contributed by atoms with Crippen molar-refractivity contribution in [3.05, 3.63) is 12.2 Å². The molecule has 0 aromatic heterocycles. The highest BCUT2D eigenvalue weighted by Gasteiger charge is 2.11. The smallest absolute Gasteiger partial charge is 0.220 e. The van der Waals surface area contributed by atoms with E-state index in [1.54, 1.807) is 0 Å². The van der Waals surface area contributed by atoms with Crippen LogP contribution in [0.5, 0.6) is 0 Å². The van der Waals surface area contributed by atoms with Gasteiger partial charge in [0.15, 0.2) is 0 Å². The van der Waals surface area contributed by atoms with Crippen LogP contribution < -0.4 is 5.32 Å². The van der Waals surface area contributed by atoms with Gasteiger partial charge in [0.1, 0.15) is 0 Å². The van der Waals surface area contributed by atoms with E-state index in [1.807, 2.05) is 0 Å². The number of hydrogen-bond acceptors (Lipinski definition) is 1. The Balaban J connectivity index is 2.38. The lowest BCUT2D eigenvalue weighted by atomic mass is 10.0. The molecule has 1 aliphatic rings. The molecule has 0 bridgehead atoms. The van der Waals surface area contributed by atoms with E-state index in [0.717, 1.165) is 25.7 Å². The Labute approximate surface area is 86.8 Å². The van der Waals surface area contributed by atoms with Crippen molar-refractivity contribution in [1.82, 2.24) is 5.32 Å². The Hall–Kier alpha value is -0.790. The molecule has 1 atom stereocenters. The quantitative estimate of drug-likeness (QED) is 0.689. The van der Waals surface area contributed by atoms with Crippen LogP contribution in [0.25, 0.3) is 0 Å². The van der Waals surface area contributed by atoms with Crippen LogP contribution in [-0.4, -0.2) is 11.9 Å². The number of amides is 1. The summed E-state index contributed by atoms with van der Waals surface area (Å²) in [6.07, 6.45) is 11.6. The van der Waals surface area contributed by atoms with Crippen molar-refractivity contribution >= 4 is 5.91 Å². The lowest BCUT2D eigenvalue weighted by Gasteiger charge is -2.16. The zero-order valence-corrected chi connectivity index (χ0v) is 9.09. The molecule has 1 rings (SSSR count). The first kappa shape index (κ1) is 11.3. The molecular weight excluding hydrogens is 174 g/mol. The van der Waals surface area contributed by atoms with E-state index in [1.165, 1.54) is 12.8 Å². The van der Waals surface area contributed by atoms with Gasteiger partial charge in [0.05, 0.1) is 0 Å². The fourth-order valence-corrected chi connectivity index (χ4v) is 1.79. The van der Waals surface area contributed by atoms with E-state index >= 15 is 0 Å². The molecule has 0 aromatic carbocycles. The number of nitrogens with one attached hydrogen (secondary N) is 1. The average Bonchev–Trinajstić information content (AvgIpc) is 2.27. The second-order valence-electron chi connectivity index (χ2n) is 3.99. The van der Waals surface area contributed by atoms with Gasteiger partial charge in [-0.05, 0) is 25.7 Å². The van der Waals surface area contributed by atoms with Crippen molar-refractivity contribution in [2.45, 2.75) is 57.9 Å². The standard InChI is InChI=1S/C12H21NO/c1-2-3-8-11-9-6-4-5-7-10-12(14)13-11/h4-5,11H,2-3,6-10H2,1H3,(H,13,14)/b5-4+. The minimum atomic E-state index is 0.220. The number of unbranched alkanes of at least 4 members (excludes halogenated alkanes) is 1. The fraction of sp³-hybridized carbons (Fsp3) is 0.750. The Morgan fingerprint density at radius 1 is 1.43 bits per heavy atom. The number of carbonyl (C=O) groups is 1. The maximum atomic E-state index is 11.4. The predicted molar refractivity (Wildman–Crippen MR) is 59.1 cm³/mol. The summed E-state index contributed by atoms with van der Waals surface area (Å²) >= 11 is 0. The topological polar surface area (TPSA) is 29.1 Å². The van der Waals surface area contributed by atoms with Gasteiger partial charge < -0.3 is 5.32 Å². The van der Waals surface area contributed by atoms with Gasteiger partial charge in [-0.3, -0.25) is 4.79 Å². The van der Waals surface area contributed by atoms with E-state index < -0.39 is 0 Å². The molecule has 1 unspecified atom stereocenters. The molecule has 1 N–H and O–H groups in total. The van der Waals surface area contributed by atoms with Crippen molar-refractivity contribution in [2.24, 2.45) is 0 Å². The van der Waals surface area contributed by atoms with Gasteiger partial charge in [0.25, 0.3) is 0 Å². The average molecular weight is 195 g/mol. The summed E-state index contributed by atoms with van der Waals surface area (Å²) in [6.45, 7) is 2.19. The minimum absolute atomic E-state index is 0.220. The number of allylic oxidation sites excluding steroid dienone is 2. The SMILES string of the molecule is CCCCC1CC/C=C/CCC(=O)N1. The van der Waals surface area contributed by atoms with Crippen LogP contribution in [0.15, 0.2) is 12.2 Å². The largest absolute Gasteiger partial charge is 0.353 e. The van der Waals surface area contributed by atoms with Crippen LogP contribution in [0.1, 0.15) is 51.9 Å². The third-order valence-corrected chi connectivity index (χ3v) is 2.66. The molecule has 0 saturated heterocycles. The molecule has 0 fully saturated rings. The van der Waals surface area contributed by atoms with E-state index in [9.17, 15) is 4.79 Å². The molecule has 0 aromatic rings. The van der Waals surface area contributed by atoms with Crippen LogP contribution in [0.2, 0.25) is 0 Å². The van der Waals surface area contributed by atoms with Gasteiger partial charge in [-0.15, -0.1) is 0 Å². The third kappa shape index (κ3) is 4.45. The highest BCUT2D eigenvalue weighted by molar-refractivity contribution is 5.76. The van der Waals surface area contributed by atoms with Gasteiger partial charge in [0, 0.05) is 12.5 Å². The molecular formula is C12H21NO. The first-order chi connectivity index (χ1) is 6.83. The zero-order valence-electron chi connectivity index (χ0n) is 9.09. The Morgan fingerprint density at radius 2 is 2.21 bits per heavy atom. The number of hydrogen-bond donors (Lipinski definition) is 1. The molecule has 14 heavy (non-hydrogen) atoms. The fourth-order valence-electron chi connectivity index (χ4n) is 1.79. The molecule has 2 heteroatoms. The summed E-state index contributed by atoms with van der Waals surface area (Å²) in [5.41, 5.74) is 0. The zero-order chi connectivity index (χ0) is 10.2. The monoisotopic (exact) mass is 195 g/mol. The summed E-state index contributed by atoms with van der Waals surface area (Å²) in [7, 11) is 0. The van der Waals surface area contributed by atoms with E-state index in [4.69, 9.17) is 0 Å². The first-order valence-corrected chi connectivity index (χ1v) is 5.77. The normalized spacial score (nSPS) is 25.8. The van der Waals surface area contributed by atoms with Crippen molar-refractivity contribution in [1.29, 1.82) is 0 Å². The molecule has 1 amide bonds. The molecule has 80 valence electrons. The van der Waals surface area contributed by atoms with Crippen LogP contribution in [0.4, 0.5) is 0 Å². The van der Waals surface area contributed by atoms with Gasteiger partial charge >= 0.3 is 0 Å². The molecule has 0 radical (unpaired) electrons. The molecule has 1 aliphatic heterocycles. The summed E-state index contributed by atoms with van der Waals surface area (Å²) in [4.78, 5) is 11.4. The summed E-state index contributed by atoms with van der Waals surface area (Å²) in [6, 6.07) is 0.408. The molecule has 1 heterocycles. The van der Waals surface area contributed by atoms with E-state index in [-0.39, 0.29) is 5.91 Å². The van der Waals surface area contributed by atoms with E-state index in [2.05, 4.69) is 24.4 Å². The molecule has 0 aliphatic carbocycles. The second-order valence-corrected chi connectivity index (χ2v) is 3.99. The predicted octanol–water partition coefficient (Wildman–Crippen LogP) is 2.79. The molecule has 0 spiro atoms. The lowest BCUT2D eigenvalue weighted by molar-refractivity contribution is -0.121. The van der Waals surface area contributed by atoms with Crippen molar-refractivity contribution in [3.8, 4) is 0 Å². The van der Waals surface area contributed by atoms with Crippen LogP contribution in [0.3, 0.4) is 0 Å². The van der Waals surface area contributed by atoms with Gasteiger partial charge in [-0.2, -0.15) is 0 Å². The van der Waals surface area contributed by atoms with Crippen LogP contribution >= 0.6 is 0 Å². The van der Waals surface area contributed by atoms with Gasteiger partial charge in [0.2, 0.25) is 5.91 Å². The first-order valence-electron chi connectivity index (χ1n) is 5.77. The van der Waals surface area contributed by atoms with Crippen LogP contribution in [0, 0.1) is 0 Å². The van der Waals surface area contributed by atoms with Crippen molar-refractivity contribution in [2.75, 3.05) is 0 Å². The Kier molecular flexibility index (Phi) is 5.35. The lowest BCUT2D eigenvalue weighted by Crippen LogP contribution is -2.34. The number of carbonyl (C=O) groups excluding carboxylic acids is 1. The molecule has 0 saturated carbocycles. The Morgan fingerprint density at radius 3 is 3.00 bits per heavy atom. The highest BCUT2D eigenvalue weighted by atomic mass is 16.1. The summed E-state index contributed by atoms with van der Waals surface area (Å²) in [5.74, 6) is 0.220. The number of rotatable bonds is 3. The minimum Gasteiger partial charge on any atom is -0.353 e. The third-order valence-electron chi connectivity index (χ3n) is 2.66. The van der Waals surface area contributed by atoms with Gasteiger partial charge in [-0.1, -0.05) is 31.9 Å². The highest BCUT2D eigenvalue weighted by Crippen LogP contribution is 2.10. The van der Waals surface area contributed by atoms with Crippen molar-refractivity contribution < 1.29 is 4.79 Å². The maximum absolute atomic E-state index is 11.4. The van der Waals surface area contributed by atoms with E-state index in [0.29, 0.717) is 12.5 Å². The Bertz CT molecular complexity index is 198. The summed E-state index contributed by atoms with van der Waals surface area (Å²) in [5, 5.41) is 3.11. The summed E-state index contributed by atoms with van der Waals surface area (Å²) < 4.78 is 0. The molecule has 2 nitrogen and oxygen atoms in total. The second kappa shape index (κ2) is 6.63. The maximum Gasteiger partial charge on any atom is 0.220 e. The van der Waals surface area contributed by atoms with Crippen LogP contribution in [-0.2, 0) is 4.79 Å². The van der Waals surface area contributed by atoms with Crippen molar-refractivity contribution in [3.63, 3.8) is 0 Å².